The van der Waals surface area contributed by atoms with E-state index < -0.39 is 17.4 Å². The second-order valence-electron chi connectivity index (χ2n) is 3.12. The van der Waals surface area contributed by atoms with Crippen molar-refractivity contribution in [1.29, 1.82) is 0 Å². The molecule has 0 amide bonds. The Bertz CT molecular complexity index is 512. The molecule has 1 N–H and O–H groups in total. The van der Waals surface area contributed by atoms with Gasteiger partial charge in [0.25, 0.3) is 0 Å². The van der Waals surface area contributed by atoms with Gasteiger partial charge < -0.3 is 9.84 Å². The molecule has 0 radical (unpaired) electrons. The molecule has 2 nitrogen and oxygen atoms in total. The Morgan fingerprint density at radius 2 is 1.56 bits per heavy atom. The van der Waals surface area contributed by atoms with E-state index in [1.807, 2.05) is 0 Å². The highest BCUT2D eigenvalue weighted by molar-refractivity contribution is 5.38. The van der Waals surface area contributed by atoms with Gasteiger partial charge in [0, 0.05) is 0 Å². The highest BCUT2D eigenvalue weighted by Gasteiger charge is 2.10. The number of rotatable bonds is 2. The largest absolute Gasteiger partial charge is 0.505 e. The Hall–Kier alpha value is -2.10. The number of benzene rings is 2. The van der Waals surface area contributed by atoms with E-state index in [9.17, 15) is 8.78 Å². The molecule has 2 aromatic carbocycles. The van der Waals surface area contributed by atoms with Crippen LogP contribution in [-0.4, -0.2) is 5.11 Å². The zero-order valence-electron chi connectivity index (χ0n) is 8.15. The summed E-state index contributed by atoms with van der Waals surface area (Å²) in [5.74, 6) is -2.35. The summed E-state index contributed by atoms with van der Waals surface area (Å²) in [6.07, 6.45) is 0. The average molecular weight is 222 g/mol. The Balaban J connectivity index is 2.35. The smallest absolute Gasteiger partial charge is 0.207 e. The molecule has 0 bridgehead atoms. The van der Waals surface area contributed by atoms with Gasteiger partial charge in [-0.2, -0.15) is 4.39 Å². The third-order valence-corrected chi connectivity index (χ3v) is 2.00. The van der Waals surface area contributed by atoms with Crippen molar-refractivity contribution in [1.82, 2.24) is 0 Å². The van der Waals surface area contributed by atoms with Gasteiger partial charge in [0.1, 0.15) is 0 Å². The van der Waals surface area contributed by atoms with Crippen LogP contribution in [0.3, 0.4) is 0 Å². The van der Waals surface area contributed by atoms with Crippen LogP contribution in [0, 0.1) is 11.6 Å². The Labute approximate surface area is 90.7 Å². The summed E-state index contributed by atoms with van der Waals surface area (Å²) >= 11 is 0. The summed E-state index contributed by atoms with van der Waals surface area (Å²) in [5.41, 5.74) is 0. The minimum atomic E-state index is -0.911. The van der Waals surface area contributed by atoms with E-state index in [1.54, 1.807) is 6.07 Å². The van der Waals surface area contributed by atoms with Crippen LogP contribution in [0.5, 0.6) is 17.2 Å². The summed E-state index contributed by atoms with van der Waals surface area (Å²) < 4.78 is 31.5. The minimum Gasteiger partial charge on any atom is -0.505 e. The van der Waals surface area contributed by atoms with Gasteiger partial charge in [-0.25, -0.2) is 4.39 Å². The lowest BCUT2D eigenvalue weighted by molar-refractivity contribution is 0.384. The fourth-order valence-electron chi connectivity index (χ4n) is 1.22. The molecule has 0 spiro atoms. The maximum absolute atomic E-state index is 13.3. The average Bonchev–Trinajstić information content (AvgIpc) is 2.28. The molecule has 0 unspecified atom stereocenters. The first-order chi connectivity index (χ1) is 7.68. The van der Waals surface area contributed by atoms with Crippen LogP contribution >= 0.6 is 0 Å². The highest BCUT2D eigenvalue weighted by atomic mass is 19.1. The van der Waals surface area contributed by atoms with Crippen LogP contribution < -0.4 is 4.74 Å². The molecule has 0 heterocycles. The SMILES string of the molecule is Oc1cccc(Oc2ccccc2F)c1F. The molecule has 0 aliphatic carbocycles. The minimum absolute atomic E-state index is 0.0907. The van der Waals surface area contributed by atoms with E-state index in [0.717, 1.165) is 0 Å². The number of aromatic hydroxyl groups is 1. The zero-order valence-corrected chi connectivity index (χ0v) is 8.15. The van der Waals surface area contributed by atoms with Crippen LogP contribution in [0.25, 0.3) is 0 Å². The van der Waals surface area contributed by atoms with Gasteiger partial charge in [0.15, 0.2) is 23.1 Å². The van der Waals surface area contributed by atoms with Crippen LogP contribution in [-0.2, 0) is 0 Å². The maximum Gasteiger partial charge on any atom is 0.207 e. The van der Waals surface area contributed by atoms with Gasteiger partial charge in [-0.05, 0) is 24.3 Å². The van der Waals surface area contributed by atoms with E-state index in [4.69, 9.17) is 9.84 Å². The van der Waals surface area contributed by atoms with Gasteiger partial charge in [0.05, 0.1) is 0 Å². The molecular formula is C12H8F2O2. The van der Waals surface area contributed by atoms with Crippen molar-refractivity contribution in [2.45, 2.75) is 0 Å². The van der Waals surface area contributed by atoms with Gasteiger partial charge in [-0.3, -0.25) is 0 Å². The Morgan fingerprint density at radius 1 is 0.875 bits per heavy atom. The first-order valence-corrected chi connectivity index (χ1v) is 4.58. The molecule has 4 heteroatoms. The highest BCUT2D eigenvalue weighted by Crippen LogP contribution is 2.30. The molecule has 82 valence electrons. The lowest BCUT2D eigenvalue weighted by atomic mass is 10.3. The molecule has 0 aliphatic heterocycles. The van der Waals surface area contributed by atoms with Crippen molar-refractivity contribution in [3.05, 3.63) is 54.1 Å². The zero-order chi connectivity index (χ0) is 11.5. The van der Waals surface area contributed by atoms with Crippen molar-refractivity contribution in [3.63, 3.8) is 0 Å². The topological polar surface area (TPSA) is 29.5 Å². The monoisotopic (exact) mass is 222 g/mol. The Morgan fingerprint density at radius 3 is 2.31 bits per heavy atom. The number of phenols is 1. The molecule has 16 heavy (non-hydrogen) atoms. The van der Waals surface area contributed by atoms with Gasteiger partial charge >= 0.3 is 0 Å². The second-order valence-corrected chi connectivity index (χ2v) is 3.12. The quantitative estimate of drug-likeness (QED) is 0.843. The second kappa shape index (κ2) is 4.18. The van der Waals surface area contributed by atoms with E-state index >= 15 is 0 Å². The lowest BCUT2D eigenvalue weighted by Gasteiger charge is -2.07. The summed E-state index contributed by atoms with van der Waals surface area (Å²) in [6.45, 7) is 0. The predicted molar refractivity (Wildman–Crippen MR) is 54.5 cm³/mol. The summed E-state index contributed by atoms with van der Waals surface area (Å²) in [5, 5.41) is 9.10. The van der Waals surface area contributed by atoms with E-state index in [-0.39, 0.29) is 11.5 Å². The normalized spacial score (nSPS) is 10.1. The first-order valence-electron chi connectivity index (χ1n) is 4.58. The number of hydrogen-bond donors (Lipinski definition) is 1. The summed E-state index contributed by atoms with van der Waals surface area (Å²) in [6, 6.07) is 9.55. The van der Waals surface area contributed by atoms with Gasteiger partial charge in [0.2, 0.25) is 5.82 Å². The first kappa shape index (κ1) is 10.4. The fourth-order valence-corrected chi connectivity index (χ4v) is 1.22. The van der Waals surface area contributed by atoms with Crippen molar-refractivity contribution in [3.8, 4) is 17.2 Å². The molecule has 0 atom stereocenters. The molecule has 0 saturated heterocycles. The fraction of sp³-hybridized carbons (Fsp3) is 0. The maximum atomic E-state index is 13.3. The van der Waals surface area contributed by atoms with Crippen molar-refractivity contribution in [2.75, 3.05) is 0 Å². The molecule has 0 aliphatic rings. The van der Waals surface area contributed by atoms with Gasteiger partial charge in [-0.15, -0.1) is 0 Å². The third kappa shape index (κ3) is 1.95. The number of para-hydroxylation sites is 1. The van der Waals surface area contributed by atoms with Crippen LogP contribution in [0.2, 0.25) is 0 Å². The van der Waals surface area contributed by atoms with Crippen LogP contribution in [0.15, 0.2) is 42.5 Å². The van der Waals surface area contributed by atoms with Crippen molar-refractivity contribution < 1.29 is 18.6 Å². The standard InChI is InChI=1S/C12H8F2O2/c13-8-4-1-2-6-10(8)16-11-7-3-5-9(15)12(11)14/h1-7,15H. The molecule has 0 saturated carbocycles. The van der Waals surface area contributed by atoms with E-state index in [1.165, 1.54) is 36.4 Å². The van der Waals surface area contributed by atoms with E-state index in [0.29, 0.717) is 0 Å². The van der Waals surface area contributed by atoms with Gasteiger partial charge in [-0.1, -0.05) is 18.2 Å². The predicted octanol–water partition coefficient (Wildman–Crippen LogP) is 3.46. The van der Waals surface area contributed by atoms with E-state index in [2.05, 4.69) is 0 Å². The molecular weight excluding hydrogens is 214 g/mol. The van der Waals surface area contributed by atoms with Crippen LogP contribution in [0.1, 0.15) is 0 Å². The molecule has 0 aromatic heterocycles. The van der Waals surface area contributed by atoms with Crippen LogP contribution in [0.4, 0.5) is 8.78 Å². The molecule has 2 rings (SSSR count). The summed E-state index contributed by atoms with van der Waals surface area (Å²) in [7, 11) is 0. The summed E-state index contributed by atoms with van der Waals surface area (Å²) in [4.78, 5) is 0. The lowest BCUT2D eigenvalue weighted by Crippen LogP contribution is -1.90. The van der Waals surface area contributed by atoms with Crippen molar-refractivity contribution >= 4 is 0 Å². The number of halogens is 2. The molecule has 2 aromatic rings. The number of hydrogen-bond acceptors (Lipinski definition) is 2. The number of phenolic OH excluding ortho intramolecular Hbond substituents is 1. The number of ether oxygens (including phenoxy) is 1. The third-order valence-electron chi connectivity index (χ3n) is 2.00. The molecule has 0 fully saturated rings. The Kier molecular flexibility index (Phi) is 2.72. The van der Waals surface area contributed by atoms with Crippen molar-refractivity contribution in [2.24, 2.45) is 0 Å².